The number of aliphatic carboxylic acids is 1. The first-order chi connectivity index (χ1) is 11.6. The van der Waals surface area contributed by atoms with Gasteiger partial charge in [0.05, 0.1) is 17.5 Å². The summed E-state index contributed by atoms with van der Waals surface area (Å²) in [4.78, 5) is 25.8. The monoisotopic (exact) mass is 327 g/mol. The van der Waals surface area contributed by atoms with E-state index in [1.165, 1.54) is 4.90 Å². The second-order valence-corrected chi connectivity index (χ2v) is 6.15. The van der Waals surface area contributed by atoms with Crippen molar-refractivity contribution in [3.05, 3.63) is 53.3 Å². The van der Waals surface area contributed by atoms with Gasteiger partial charge in [-0.25, -0.2) is 4.79 Å². The van der Waals surface area contributed by atoms with Gasteiger partial charge in [-0.2, -0.15) is 5.10 Å². The van der Waals surface area contributed by atoms with Crippen LogP contribution in [0.25, 0.3) is 0 Å². The van der Waals surface area contributed by atoms with Gasteiger partial charge in [-0.3, -0.25) is 9.48 Å². The van der Waals surface area contributed by atoms with Crippen LogP contribution in [0.5, 0.6) is 0 Å². The summed E-state index contributed by atoms with van der Waals surface area (Å²) in [6.07, 6.45) is 4.75. The maximum absolute atomic E-state index is 12.8. The van der Waals surface area contributed by atoms with E-state index in [-0.39, 0.29) is 12.3 Å². The number of hydrogen-bond acceptors (Lipinski definition) is 3. The second kappa shape index (κ2) is 6.86. The zero-order valence-corrected chi connectivity index (χ0v) is 13.7. The van der Waals surface area contributed by atoms with Crippen LogP contribution < -0.4 is 0 Å². The molecule has 1 aromatic carbocycles. The summed E-state index contributed by atoms with van der Waals surface area (Å²) < 4.78 is 1.86. The molecule has 0 radical (unpaired) electrons. The quantitative estimate of drug-likeness (QED) is 0.911. The van der Waals surface area contributed by atoms with E-state index in [0.717, 1.165) is 37.1 Å². The number of likely N-dealkylation sites (N-methyl/N-ethyl adjacent to an activating group) is 1. The number of amides is 1. The van der Waals surface area contributed by atoms with E-state index in [4.69, 9.17) is 0 Å². The van der Waals surface area contributed by atoms with E-state index in [2.05, 4.69) is 5.10 Å². The first-order valence-electron chi connectivity index (χ1n) is 8.16. The molecular formula is C18H21N3O3. The normalized spacial score (nSPS) is 14.7. The van der Waals surface area contributed by atoms with Gasteiger partial charge in [-0.1, -0.05) is 30.3 Å². The van der Waals surface area contributed by atoms with Crippen LogP contribution in [0.2, 0.25) is 0 Å². The third-order valence-electron chi connectivity index (χ3n) is 4.56. The molecule has 1 aromatic heterocycles. The van der Waals surface area contributed by atoms with Crippen LogP contribution in [0.3, 0.4) is 0 Å². The summed E-state index contributed by atoms with van der Waals surface area (Å²) in [7, 11) is 1.55. The molecule has 126 valence electrons. The van der Waals surface area contributed by atoms with Crippen molar-refractivity contribution >= 4 is 11.9 Å². The number of nitrogens with zero attached hydrogens (tertiary/aromatic N) is 3. The molecule has 0 saturated carbocycles. The molecule has 2 heterocycles. The molecule has 1 atom stereocenters. The molecule has 6 heteroatoms. The van der Waals surface area contributed by atoms with Gasteiger partial charge >= 0.3 is 5.97 Å². The van der Waals surface area contributed by atoms with Gasteiger partial charge < -0.3 is 10.0 Å². The van der Waals surface area contributed by atoms with Crippen LogP contribution in [-0.4, -0.2) is 44.8 Å². The number of fused-ring (bicyclic) bond motifs is 1. The average Bonchev–Trinajstić information content (AvgIpc) is 3.03. The van der Waals surface area contributed by atoms with Gasteiger partial charge in [0.25, 0.3) is 5.91 Å². The molecular weight excluding hydrogens is 306 g/mol. The van der Waals surface area contributed by atoms with Crippen LogP contribution >= 0.6 is 0 Å². The lowest BCUT2D eigenvalue weighted by atomic mass is 10.0. The van der Waals surface area contributed by atoms with Gasteiger partial charge in [0, 0.05) is 20.0 Å². The summed E-state index contributed by atoms with van der Waals surface area (Å²) in [5, 5.41) is 13.8. The minimum absolute atomic E-state index is 0.276. The maximum atomic E-state index is 12.8. The Balaban J connectivity index is 1.82. The number of carbonyl (C=O) groups excluding carboxylic acids is 1. The first kappa shape index (κ1) is 16.2. The van der Waals surface area contributed by atoms with Crippen LogP contribution in [0.4, 0.5) is 0 Å². The van der Waals surface area contributed by atoms with E-state index >= 15 is 0 Å². The fourth-order valence-corrected chi connectivity index (χ4v) is 3.16. The SMILES string of the molecule is CN(C(=O)c1cnn2c1CCCC2)C(Cc1ccccc1)C(=O)O. The largest absolute Gasteiger partial charge is 0.480 e. The highest BCUT2D eigenvalue weighted by Gasteiger charge is 2.30. The van der Waals surface area contributed by atoms with E-state index in [0.29, 0.717) is 5.56 Å². The van der Waals surface area contributed by atoms with Crippen LogP contribution in [0, 0.1) is 0 Å². The van der Waals surface area contributed by atoms with Crippen LogP contribution in [0.1, 0.15) is 34.5 Å². The fraction of sp³-hybridized carbons (Fsp3) is 0.389. The van der Waals surface area contributed by atoms with Crippen molar-refractivity contribution in [1.82, 2.24) is 14.7 Å². The zero-order chi connectivity index (χ0) is 17.1. The van der Waals surface area contributed by atoms with E-state index in [1.807, 2.05) is 35.0 Å². The minimum Gasteiger partial charge on any atom is -0.480 e. The van der Waals surface area contributed by atoms with Gasteiger partial charge in [-0.05, 0) is 24.8 Å². The molecule has 1 unspecified atom stereocenters. The number of aryl methyl sites for hydroxylation is 1. The van der Waals surface area contributed by atoms with Gasteiger partial charge in [0.1, 0.15) is 6.04 Å². The third kappa shape index (κ3) is 3.18. The minimum atomic E-state index is -1.00. The summed E-state index contributed by atoms with van der Waals surface area (Å²) in [6, 6.07) is 8.45. The number of aromatic nitrogens is 2. The lowest BCUT2D eigenvalue weighted by Gasteiger charge is -2.25. The lowest BCUT2D eigenvalue weighted by molar-refractivity contribution is -0.141. The molecule has 24 heavy (non-hydrogen) atoms. The Morgan fingerprint density at radius 1 is 1.29 bits per heavy atom. The lowest BCUT2D eigenvalue weighted by Crippen LogP contribution is -2.44. The molecule has 1 N–H and O–H groups in total. The Hall–Kier alpha value is -2.63. The number of hydrogen-bond donors (Lipinski definition) is 1. The molecule has 1 amide bonds. The summed E-state index contributed by atoms with van der Waals surface area (Å²) in [6.45, 7) is 0.818. The second-order valence-electron chi connectivity index (χ2n) is 6.15. The smallest absolute Gasteiger partial charge is 0.326 e. The maximum Gasteiger partial charge on any atom is 0.326 e. The fourth-order valence-electron chi connectivity index (χ4n) is 3.16. The molecule has 3 rings (SSSR count). The van der Waals surface area contributed by atoms with Crippen molar-refractivity contribution in [2.75, 3.05) is 7.05 Å². The summed E-state index contributed by atoms with van der Waals surface area (Å²) in [5.41, 5.74) is 2.33. The number of carboxylic acids is 1. The Labute approximate surface area is 140 Å². The highest BCUT2D eigenvalue weighted by molar-refractivity contribution is 5.97. The molecule has 0 aliphatic carbocycles. The van der Waals surface area contributed by atoms with Gasteiger partial charge in [0.2, 0.25) is 0 Å². The van der Waals surface area contributed by atoms with E-state index in [1.54, 1.807) is 13.2 Å². The molecule has 1 aliphatic rings. The number of carboxylic acid groups (broad SMARTS) is 1. The average molecular weight is 327 g/mol. The number of carbonyl (C=O) groups is 2. The summed E-state index contributed by atoms with van der Waals surface area (Å²) in [5.74, 6) is -1.28. The molecule has 0 bridgehead atoms. The summed E-state index contributed by atoms with van der Waals surface area (Å²) >= 11 is 0. The van der Waals surface area contributed by atoms with Crippen molar-refractivity contribution in [3.8, 4) is 0 Å². The van der Waals surface area contributed by atoms with Crippen molar-refractivity contribution in [1.29, 1.82) is 0 Å². The molecule has 0 saturated heterocycles. The molecule has 1 aliphatic heterocycles. The standard InChI is InChI=1S/C18H21N3O3/c1-20(16(18(23)24)11-13-7-3-2-4-8-13)17(22)14-12-19-21-10-6-5-9-15(14)21/h2-4,7-8,12,16H,5-6,9-11H2,1H3,(H,23,24). The Morgan fingerprint density at radius 2 is 2.04 bits per heavy atom. The first-order valence-corrected chi connectivity index (χ1v) is 8.16. The highest BCUT2D eigenvalue weighted by Crippen LogP contribution is 2.20. The van der Waals surface area contributed by atoms with Crippen molar-refractivity contribution in [2.45, 2.75) is 38.3 Å². The Bertz CT molecular complexity index is 739. The van der Waals surface area contributed by atoms with Gasteiger partial charge in [0.15, 0.2) is 0 Å². The predicted molar refractivity (Wildman–Crippen MR) is 88.8 cm³/mol. The predicted octanol–water partition coefficient (Wildman–Crippen LogP) is 1.99. The molecule has 0 fully saturated rings. The van der Waals surface area contributed by atoms with Crippen LogP contribution in [-0.2, 0) is 24.2 Å². The van der Waals surface area contributed by atoms with E-state index < -0.39 is 12.0 Å². The van der Waals surface area contributed by atoms with Crippen molar-refractivity contribution in [3.63, 3.8) is 0 Å². The zero-order valence-electron chi connectivity index (χ0n) is 13.7. The van der Waals surface area contributed by atoms with Gasteiger partial charge in [-0.15, -0.1) is 0 Å². The topological polar surface area (TPSA) is 75.4 Å². The Morgan fingerprint density at radius 3 is 2.75 bits per heavy atom. The molecule has 6 nitrogen and oxygen atoms in total. The third-order valence-corrected chi connectivity index (χ3v) is 4.56. The van der Waals surface area contributed by atoms with Crippen LogP contribution in [0.15, 0.2) is 36.5 Å². The van der Waals surface area contributed by atoms with Crippen molar-refractivity contribution < 1.29 is 14.7 Å². The van der Waals surface area contributed by atoms with Crippen molar-refractivity contribution in [2.24, 2.45) is 0 Å². The number of benzene rings is 1. The molecule has 0 spiro atoms. The Kier molecular flexibility index (Phi) is 4.64. The highest BCUT2D eigenvalue weighted by atomic mass is 16.4. The number of rotatable bonds is 5. The van der Waals surface area contributed by atoms with E-state index in [9.17, 15) is 14.7 Å². The molecule has 2 aromatic rings.